The van der Waals surface area contributed by atoms with Gasteiger partial charge in [0.15, 0.2) is 0 Å². The number of ether oxygens (including phenoxy) is 1. The third-order valence-electron chi connectivity index (χ3n) is 2.89. The highest BCUT2D eigenvalue weighted by molar-refractivity contribution is 5.85. The second-order valence-electron chi connectivity index (χ2n) is 4.01. The molecule has 88 valence electrons. The number of carbonyl (C=O) groups excluding carboxylic acids is 1. The average molecular weight is 235 g/mol. The molecule has 2 heterocycles. The van der Waals surface area contributed by atoms with E-state index in [0.717, 1.165) is 32.7 Å². The van der Waals surface area contributed by atoms with Crippen LogP contribution in [-0.2, 0) is 9.53 Å². The number of carbonyl (C=O) groups is 1. The lowest BCUT2D eigenvalue weighted by atomic mass is 10.1. The monoisotopic (exact) mass is 234 g/mol. The van der Waals surface area contributed by atoms with Crippen LogP contribution in [0.2, 0.25) is 0 Å². The van der Waals surface area contributed by atoms with Crippen LogP contribution in [-0.4, -0.2) is 49.7 Å². The molecule has 1 amide bonds. The van der Waals surface area contributed by atoms with Crippen molar-refractivity contribution < 1.29 is 9.53 Å². The maximum Gasteiger partial charge on any atom is 0.236 e. The molecule has 2 fully saturated rings. The maximum atomic E-state index is 11.5. The molecule has 0 bridgehead atoms. The van der Waals surface area contributed by atoms with Gasteiger partial charge in [-0.2, -0.15) is 0 Å². The first-order chi connectivity index (χ1) is 6.86. The van der Waals surface area contributed by atoms with Gasteiger partial charge in [-0.15, -0.1) is 12.4 Å². The van der Waals surface area contributed by atoms with Gasteiger partial charge in [-0.25, -0.2) is 0 Å². The summed E-state index contributed by atoms with van der Waals surface area (Å²) < 4.78 is 5.61. The molecule has 1 atom stereocenters. The lowest BCUT2D eigenvalue weighted by Gasteiger charge is -2.32. The zero-order valence-electron chi connectivity index (χ0n) is 8.91. The largest absolute Gasteiger partial charge is 0.376 e. The van der Waals surface area contributed by atoms with E-state index in [9.17, 15) is 4.79 Å². The Labute approximate surface area is 96.7 Å². The Balaban J connectivity index is 0.00000112. The molecule has 2 aliphatic heterocycles. The van der Waals surface area contributed by atoms with Crippen LogP contribution in [0.3, 0.4) is 0 Å². The molecule has 4 nitrogen and oxygen atoms in total. The molecule has 0 saturated carbocycles. The molecule has 0 spiro atoms. The molecule has 0 aromatic carbocycles. The number of halogens is 1. The van der Waals surface area contributed by atoms with Crippen molar-refractivity contribution in [3.05, 3.63) is 0 Å². The van der Waals surface area contributed by atoms with Crippen molar-refractivity contribution >= 4 is 18.3 Å². The third kappa shape index (κ3) is 3.63. The Morgan fingerprint density at radius 1 is 1.47 bits per heavy atom. The zero-order valence-corrected chi connectivity index (χ0v) is 9.72. The van der Waals surface area contributed by atoms with E-state index in [4.69, 9.17) is 4.74 Å². The molecule has 1 unspecified atom stereocenters. The number of rotatable bonds is 2. The highest BCUT2D eigenvalue weighted by atomic mass is 35.5. The Hall–Kier alpha value is -0.320. The first-order valence-electron chi connectivity index (χ1n) is 5.46. The van der Waals surface area contributed by atoms with Gasteiger partial charge in [0.2, 0.25) is 5.91 Å². The molecular weight excluding hydrogens is 216 g/mol. The van der Waals surface area contributed by atoms with Gasteiger partial charge in [0, 0.05) is 26.2 Å². The fourth-order valence-electron chi connectivity index (χ4n) is 2.04. The van der Waals surface area contributed by atoms with Crippen LogP contribution >= 0.6 is 12.4 Å². The Morgan fingerprint density at radius 2 is 2.33 bits per heavy atom. The number of nitrogens with zero attached hydrogens (tertiary/aromatic N) is 1. The van der Waals surface area contributed by atoms with Crippen molar-refractivity contribution in [3.8, 4) is 0 Å². The highest BCUT2D eigenvalue weighted by Crippen LogP contribution is 2.14. The molecule has 2 aliphatic rings. The first kappa shape index (κ1) is 12.7. The minimum atomic E-state index is 0. The third-order valence-corrected chi connectivity index (χ3v) is 2.89. The van der Waals surface area contributed by atoms with E-state index in [-0.39, 0.29) is 24.4 Å². The van der Waals surface area contributed by atoms with Crippen LogP contribution in [0.4, 0.5) is 0 Å². The van der Waals surface area contributed by atoms with Gasteiger partial charge in [-0.1, -0.05) is 0 Å². The predicted octanol–water partition coefficient (Wildman–Crippen LogP) is 0.409. The molecular formula is C10H19ClN2O2. The maximum absolute atomic E-state index is 11.5. The fourth-order valence-corrected chi connectivity index (χ4v) is 2.04. The molecule has 1 N–H and O–H groups in total. The summed E-state index contributed by atoms with van der Waals surface area (Å²) in [6.07, 6.45) is 3.81. The van der Waals surface area contributed by atoms with Gasteiger partial charge in [0.1, 0.15) is 0 Å². The molecule has 0 aromatic rings. The van der Waals surface area contributed by atoms with E-state index >= 15 is 0 Å². The molecule has 2 rings (SSSR count). The Bertz CT molecular complexity index is 208. The zero-order chi connectivity index (χ0) is 9.80. The van der Waals surface area contributed by atoms with Crippen LogP contribution in [0.1, 0.15) is 19.3 Å². The van der Waals surface area contributed by atoms with Gasteiger partial charge < -0.3 is 15.0 Å². The molecule has 2 saturated heterocycles. The van der Waals surface area contributed by atoms with Crippen molar-refractivity contribution in [3.63, 3.8) is 0 Å². The normalized spacial score (nSPS) is 27.3. The number of hydrogen-bond donors (Lipinski definition) is 1. The quantitative estimate of drug-likeness (QED) is 0.753. The van der Waals surface area contributed by atoms with Crippen LogP contribution < -0.4 is 5.32 Å². The van der Waals surface area contributed by atoms with Crippen LogP contribution in [0.5, 0.6) is 0 Å². The molecule has 5 heteroatoms. The number of hydrogen-bond acceptors (Lipinski definition) is 3. The topological polar surface area (TPSA) is 41.6 Å². The van der Waals surface area contributed by atoms with E-state index in [2.05, 4.69) is 5.32 Å². The van der Waals surface area contributed by atoms with Crippen molar-refractivity contribution in [1.29, 1.82) is 0 Å². The minimum absolute atomic E-state index is 0. The van der Waals surface area contributed by atoms with Crippen molar-refractivity contribution in [2.24, 2.45) is 0 Å². The van der Waals surface area contributed by atoms with E-state index in [0.29, 0.717) is 6.54 Å². The number of nitrogens with one attached hydrogen (secondary N) is 1. The summed E-state index contributed by atoms with van der Waals surface area (Å²) in [5.74, 6) is 0.213. The van der Waals surface area contributed by atoms with Gasteiger partial charge in [0.05, 0.1) is 12.6 Å². The van der Waals surface area contributed by atoms with E-state index in [1.807, 2.05) is 4.90 Å². The van der Waals surface area contributed by atoms with Crippen LogP contribution in [0.25, 0.3) is 0 Å². The van der Waals surface area contributed by atoms with E-state index < -0.39 is 0 Å². The Morgan fingerprint density at radius 3 is 3.00 bits per heavy atom. The van der Waals surface area contributed by atoms with Crippen molar-refractivity contribution in [2.45, 2.75) is 25.4 Å². The van der Waals surface area contributed by atoms with Gasteiger partial charge in [0.25, 0.3) is 0 Å². The lowest BCUT2D eigenvalue weighted by molar-refractivity contribution is -0.134. The second kappa shape index (κ2) is 6.30. The molecule has 15 heavy (non-hydrogen) atoms. The standard InChI is InChI=1S/C10H18N2O2.ClH/c13-10-7-11-4-5-12(10)8-9-3-1-2-6-14-9;/h9,11H,1-8H2;1H. The van der Waals surface area contributed by atoms with Crippen LogP contribution in [0, 0.1) is 0 Å². The summed E-state index contributed by atoms with van der Waals surface area (Å²) in [6.45, 7) is 3.90. The number of piperazine rings is 1. The highest BCUT2D eigenvalue weighted by Gasteiger charge is 2.22. The fraction of sp³-hybridized carbons (Fsp3) is 0.900. The van der Waals surface area contributed by atoms with Crippen molar-refractivity contribution in [2.75, 3.05) is 32.8 Å². The smallest absolute Gasteiger partial charge is 0.236 e. The van der Waals surface area contributed by atoms with Crippen LogP contribution in [0.15, 0.2) is 0 Å². The summed E-state index contributed by atoms with van der Waals surface area (Å²) >= 11 is 0. The lowest BCUT2D eigenvalue weighted by Crippen LogP contribution is -2.51. The van der Waals surface area contributed by atoms with Gasteiger partial charge >= 0.3 is 0 Å². The van der Waals surface area contributed by atoms with Crippen molar-refractivity contribution in [1.82, 2.24) is 10.2 Å². The summed E-state index contributed by atoms with van der Waals surface area (Å²) in [7, 11) is 0. The molecule has 0 aromatic heterocycles. The molecule has 0 radical (unpaired) electrons. The van der Waals surface area contributed by atoms with E-state index in [1.165, 1.54) is 12.8 Å². The average Bonchev–Trinajstić information content (AvgIpc) is 2.23. The first-order valence-corrected chi connectivity index (χ1v) is 5.46. The second-order valence-corrected chi connectivity index (χ2v) is 4.01. The summed E-state index contributed by atoms with van der Waals surface area (Å²) in [4.78, 5) is 13.4. The van der Waals surface area contributed by atoms with Gasteiger partial charge in [-0.05, 0) is 19.3 Å². The SMILES string of the molecule is Cl.O=C1CNCCN1CC1CCCCO1. The summed E-state index contributed by atoms with van der Waals surface area (Å²) in [6, 6.07) is 0. The summed E-state index contributed by atoms with van der Waals surface area (Å²) in [5.41, 5.74) is 0. The number of amides is 1. The predicted molar refractivity (Wildman–Crippen MR) is 60.3 cm³/mol. The Kier molecular flexibility index (Phi) is 5.36. The van der Waals surface area contributed by atoms with E-state index in [1.54, 1.807) is 0 Å². The molecule has 0 aliphatic carbocycles. The van der Waals surface area contributed by atoms with Gasteiger partial charge in [-0.3, -0.25) is 4.79 Å². The summed E-state index contributed by atoms with van der Waals surface area (Å²) in [5, 5.41) is 3.07. The minimum Gasteiger partial charge on any atom is -0.376 e.